The van der Waals surface area contributed by atoms with Crippen LogP contribution in [0.1, 0.15) is 38.5 Å². The average Bonchev–Trinajstić information content (AvgIpc) is 2.46. The van der Waals surface area contributed by atoms with Crippen LogP contribution in [-0.4, -0.2) is 18.5 Å². The second-order valence-corrected chi connectivity index (χ2v) is 6.64. The van der Waals surface area contributed by atoms with Gasteiger partial charge in [-0.15, -0.1) is 11.8 Å². The van der Waals surface area contributed by atoms with Crippen LogP contribution in [0.3, 0.4) is 0 Å². The second-order valence-electron chi connectivity index (χ2n) is 5.62. The largest absolute Gasteiger partial charge is 0.398 e. The van der Waals surface area contributed by atoms with E-state index in [-0.39, 0.29) is 0 Å². The Morgan fingerprint density at radius 3 is 2.52 bits per heavy atom. The fourth-order valence-corrected chi connectivity index (χ4v) is 3.57. The molecule has 0 atom stereocenters. The van der Waals surface area contributed by atoms with Gasteiger partial charge in [0.1, 0.15) is 0 Å². The summed E-state index contributed by atoms with van der Waals surface area (Å²) >= 11 is 0.853. The number of thioether (sulfide) groups is 1. The molecule has 0 aromatic heterocycles. The lowest BCUT2D eigenvalue weighted by Gasteiger charge is -2.22. The Balaban J connectivity index is 1.81. The molecule has 1 fully saturated rings. The first-order valence-corrected chi connectivity index (χ1v) is 8.55. The van der Waals surface area contributed by atoms with E-state index in [2.05, 4.69) is 5.32 Å². The molecule has 5 heteroatoms. The van der Waals surface area contributed by atoms with Crippen LogP contribution < -0.4 is 5.32 Å². The van der Waals surface area contributed by atoms with E-state index in [0.29, 0.717) is 4.90 Å². The molecule has 21 heavy (non-hydrogen) atoms. The van der Waals surface area contributed by atoms with Crippen molar-refractivity contribution in [2.24, 2.45) is 5.92 Å². The third kappa shape index (κ3) is 6.20. The van der Waals surface area contributed by atoms with Crippen molar-refractivity contribution in [1.82, 2.24) is 0 Å². The molecule has 0 amide bonds. The maximum absolute atomic E-state index is 12.3. The van der Waals surface area contributed by atoms with Crippen molar-refractivity contribution in [3.63, 3.8) is 0 Å². The predicted molar refractivity (Wildman–Crippen MR) is 82.9 cm³/mol. The van der Waals surface area contributed by atoms with E-state index in [1.807, 2.05) is 12.1 Å². The molecule has 1 saturated carbocycles. The van der Waals surface area contributed by atoms with Crippen molar-refractivity contribution in [1.29, 1.82) is 0 Å². The smallest absolute Gasteiger partial charge is 0.384 e. The van der Waals surface area contributed by atoms with Crippen molar-refractivity contribution in [3.05, 3.63) is 24.3 Å². The molecule has 1 aromatic carbocycles. The van der Waals surface area contributed by atoms with Gasteiger partial charge in [-0.2, -0.15) is 13.2 Å². The third-order valence-corrected chi connectivity index (χ3v) is 5.01. The highest BCUT2D eigenvalue weighted by molar-refractivity contribution is 7.99. The molecule has 118 valence electrons. The van der Waals surface area contributed by atoms with Gasteiger partial charge in [0.2, 0.25) is 0 Å². The predicted octanol–water partition coefficient (Wildman–Crippen LogP) is 5.72. The van der Waals surface area contributed by atoms with E-state index in [0.717, 1.165) is 36.3 Å². The molecular weight excluding hydrogens is 295 g/mol. The van der Waals surface area contributed by atoms with E-state index < -0.39 is 11.9 Å². The van der Waals surface area contributed by atoms with E-state index >= 15 is 0 Å². The van der Waals surface area contributed by atoms with Crippen LogP contribution >= 0.6 is 11.8 Å². The minimum atomic E-state index is -4.13. The van der Waals surface area contributed by atoms with Crippen molar-refractivity contribution >= 4 is 17.4 Å². The quantitative estimate of drug-likeness (QED) is 0.673. The molecule has 1 aromatic rings. The second kappa shape index (κ2) is 7.97. The van der Waals surface area contributed by atoms with Gasteiger partial charge in [0.15, 0.2) is 0 Å². The molecule has 1 nitrogen and oxygen atoms in total. The number of halogens is 3. The highest BCUT2D eigenvalue weighted by Crippen LogP contribution is 2.32. The summed E-state index contributed by atoms with van der Waals surface area (Å²) in [5.41, 5.74) is 0.822. The Kier molecular flexibility index (Phi) is 6.27. The molecule has 0 unspecified atom stereocenters. The van der Waals surface area contributed by atoms with E-state index in [1.165, 1.54) is 32.1 Å². The number of benzene rings is 1. The minimum absolute atomic E-state index is 0.679. The van der Waals surface area contributed by atoms with Gasteiger partial charge >= 0.3 is 6.18 Å². The number of para-hydroxylation sites is 1. The molecule has 0 saturated heterocycles. The lowest BCUT2D eigenvalue weighted by Crippen LogP contribution is -2.13. The SMILES string of the molecule is FC(F)(F)CSc1ccccc1NCCC1CCCCC1. The first-order chi connectivity index (χ1) is 10.0. The topological polar surface area (TPSA) is 12.0 Å². The van der Waals surface area contributed by atoms with Crippen LogP contribution in [-0.2, 0) is 0 Å². The maximum Gasteiger partial charge on any atom is 0.398 e. The van der Waals surface area contributed by atoms with Gasteiger partial charge in [0.25, 0.3) is 0 Å². The zero-order valence-corrected chi connectivity index (χ0v) is 12.9. The number of alkyl halides is 3. The standard InChI is InChI=1S/C16H22F3NS/c17-16(18,19)12-21-15-9-5-4-8-14(15)20-11-10-13-6-2-1-3-7-13/h4-5,8-9,13,20H,1-3,6-7,10-12H2. The van der Waals surface area contributed by atoms with Crippen LogP contribution in [0.2, 0.25) is 0 Å². The molecule has 0 aliphatic heterocycles. The van der Waals surface area contributed by atoms with E-state index in [1.54, 1.807) is 12.1 Å². The van der Waals surface area contributed by atoms with Crippen molar-refractivity contribution in [3.8, 4) is 0 Å². The number of hydrogen-bond acceptors (Lipinski definition) is 2. The summed E-state index contributed by atoms with van der Waals surface area (Å²) in [6.45, 7) is 0.842. The van der Waals surface area contributed by atoms with Gasteiger partial charge in [0, 0.05) is 17.1 Å². The van der Waals surface area contributed by atoms with Gasteiger partial charge in [-0.25, -0.2) is 0 Å². The molecule has 1 aliphatic rings. The Morgan fingerprint density at radius 1 is 1.10 bits per heavy atom. The summed E-state index contributed by atoms with van der Waals surface area (Å²) in [7, 11) is 0. The lowest BCUT2D eigenvalue weighted by atomic mass is 9.87. The molecule has 0 spiro atoms. The summed E-state index contributed by atoms with van der Waals surface area (Å²) in [6, 6.07) is 7.25. The van der Waals surface area contributed by atoms with Crippen LogP contribution in [0.5, 0.6) is 0 Å². The van der Waals surface area contributed by atoms with Crippen molar-refractivity contribution < 1.29 is 13.2 Å². The fraction of sp³-hybridized carbons (Fsp3) is 0.625. The number of rotatable bonds is 6. The Bertz CT molecular complexity index is 428. The summed E-state index contributed by atoms with van der Waals surface area (Å²) in [5.74, 6) is -0.0600. The zero-order valence-electron chi connectivity index (χ0n) is 12.1. The number of anilines is 1. The van der Waals surface area contributed by atoms with Gasteiger partial charge < -0.3 is 5.32 Å². The maximum atomic E-state index is 12.3. The first kappa shape index (κ1) is 16.5. The summed E-state index contributed by atoms with van der Waals surface area (Å²) < 4.78 is 37.0. The highest BCUT2D eigenvalue weighted by atomic mass is 32.2. The third-order valence-electron chi connectivity index (χ3n) is 3.87. The van der Waals surface area contributed by atoms with Crippen molar-refractivity contribution in [2.75, 3.05) is 17.6 Å². The molecule has 0 bridgehead atoms. The van der Waals surface area contributed by atoms with Crippen LogP contribution in [0, 0.1) is 5.92 Å². The minimum Gasteiger partial charge on any atom is -0.384 e. The molecular formula is C16H22F3NS. The van der Waals surface area contributed by atoms with E-state index in [9.17, 15) is 13.2 Å². The molecule has 0 radical (unpaired) electrons. The monoisotopic (exact) mass is 317 g/mol. The van der Waals surface area contributed by atoms with Crippen LogP contribution in [0.25, 0.3) is 0 Å². The zero-order chi connectivity index (χ0) is 15.1. The highest BCUT2D eigenvalue weighted by Gasteiger charge is 2.27. The Labute approximate surface area is 128 Å². The van der Waals surface area contributed by atoms with Gasteiger partial charge in [-0.1, -0.05) is 44.2 Å². The molecule has 1 aliphatic carbocycles. The summed E-state index contributed by atoms with van der Waals surface area (Å²) in [4.78, 5) is 0.679. The number of nitrogens with one attached hydrogen (secondary N) is 1. The van der Waals surface area contributed by atoms with Crippen LogP contribution in [0.4, 0.5) is 18.9 Å². The van der Waals surface area contributed by atoms with E-state index in [4.69, 9.17) is 0 Å². The molecule has 1 N–H and O–H groups in total. The molecule has 0 heterocycles. The normalized spacial score (nSPS) is 16.9. The first-order valence-electron chi connectivity index (χ1n) is 7.57. The summed E-state index contributed by atoms with van der Waals surface area (Å²) in [5, 5.41) is 3.31. The Hall–Kier alpha value is -0.840. The van der Waals surface area contributed by atoms with Gasteiger partial charge in [0.05, 0.1) is 5.75 Å². The molecule has 2 rings (SSSR count). The lowest BCUT2D eigenvalue weighted by molar-refractivity contribution is -0.105. The van der Waals surface area contributed by atoms with Gasteiger partial charge in [-0.3, -0.25) is 0 Å². The van der Waals surface area contributed by atoms with Crippen LogP contribution in [0.15, 0.2) is 29.2 Å². The fourth-order valence-electron chi connectivity index (χ4n) is 2.78. The number of hydrogen-bond donors (Lipinski definition) is 1. The van der Waals surface area contributed by atoms with Crippen molar-refractivity contribution in [2.45, 2.75) is 49.6 Å². The Morgan fingerprint density at radius 2 is 1.81 bits per heavy atom. The van der Waals surface area contributed by atoms with Gasteiger partial charge in [-0.05, 0) is 24.5 Å². The summed E-state index contributed by atoms with van der Waals surface area (Å²) in [6.07, 6.45) is 3.57. The average molecular weight is 317 g/mol.